The molecule has 0 saturated carbocycles. The zero-order valence-corrected chi connectivity index (χ0v) is 30.4. The highest BCUT2D eigenvalue weighted by Crippen LogP contribution is 2.41. The maximum Gasteiger partial charge on any atom is 0.0622 e. The number of anilines is 1. The summed E-state index contributed by atoms with van der Waals surface area (Å²) in [7, 11) is 0. The van der Waals surface area contributed by atoms with Gasteiger partial charge in [0.1, 0.15) is 0 Å². The molecule has 0 fully saturated rings. The van der Waals surface area contributed by atoms with Crippen molar-refractivity contribution < 1.29 is 0 Å². The van der Waals surface area contributed by atoms with Crippen molar-refractivity contribution in [2.45, 2.75) is 38.6 Å². The van der Waals surface area contributed by atoms with Gasteiger partial charge in [0.05, 0.1) is 5.54 Å². The van der Waals surface area contributed by atoms with E-state index >= 15 is 0 Å². The maximum absolute atomic E-state index is 4.02. The number of fused-ring (bicyclic) bond motifs is 4. The molecule has 0 bridgehead atoms. The number of hydrogen-bond donors (Lipinski definition) is 1. The summed E-state index contributed by atoms with van der Waals surface area (Å²) >= 11 is 0. The SMILES string of the molecule is CCCC(CC)(Nc1ccc(-c2ccc(-c3c4ccccc4cc4ccccc34)cc2)cc1)c1ccc(-c2c3ccccc3cc3ccccc23)cc1. The Hall–Kier alpha value is -6.18. The smallest absolute Gasteiger partial charge is 0.0622 e. The van der Waals surface area contributed by atoms with Gasteiger partial charge in [-0.25, -0.2) is 0 Å². The summed E-state index contributed by atoms with van der Waals surface area (Å²) in [5, 5.41) is 14.3. The van der Waals surface area contributed by atoms with Gasteiger partial charge in [0.2, 0.25) is 0 Å². The fourth-order valence-electron chi connectivity index (χ4n) is 8.63. The summed E-state index contributed by atoms with van der Waals surface area (Å²) in [4.78, 5) is 0. The van der Waals surface area contributed by atoms with E-state index in [1.165, 1.54) is 82.0 Å². The summed E-state index contributed by atoms with van der Waals surface area (Å²) in [5.74, 6) is 0. The summed E-state index contributed by atoms with van der Waals surface area (Å²) in [5.41, 5.74) is 9.85. The molecule has 0 aromatic heterocycles. The molecule has 0 amide bonds. The summed E-state index contributed by atoms with van der Waals surface area (Å²) in [6.07, 6.45) is 3.13. The highest BCUT2D eigenvalue weighted by molar-refractivity contribution is 6.13. The Kier molecular flexibility index (Phi) is 8.49. The number of hydrogen-bond acceptors (Lipinski definition) is 1. The quantitative estimate of drug-likeness (QED) is 0.150. The predicted molar refractivity (Wildman–Crippen MR) is 230 cm³/mol. The molecule has 0 aliphatic rings. The second-order valence-corrected chi connectivity index (χ2v) is 14.4. The van der Waals surface area contributed by atoms with Crippen LogP contribution in [0.5, 0.6) is 0 Å². The van der Waals surface area contributed by atoms with Crippen molar-refractivity contribution in [3.63, 3.8) is 0 Å². The minimum Gasteiger partial charge on any atom is -0.376 e. The third-order valence-corrected chi connectivity index (χ3v) is 11.3. The van der Waals surface area contributed by atoms with Crippen molar-refractivity contribution in [2.24, 2.45) is 0 Å². The molecule has 9 aromatic rings. The molecule has 1 unspecified atom stereocenters. The van der Waals surface area contributed by atoms with Gasteiger partial charge in [-0.2, -0.15) is 0 Å². The van der Waals surface area contributed by atoms with Gasteiger partial charge in [-0.3, -0.25) is 0 Å². The predicted octanol–water partition coefficient (Wildman–Crippen LogP) is 14.8. The molecule has 0 spiro atoms. The Morgan fingerprint density at radius 2 is 0.755 bits per heavy atom. The third kappa shape index (κ3) is 5.93. The molecule has 9 rings (SSSR count). The van der Waals surface area contributed by atoms with Gasteiger partial charge in [-0.15, -0.1) is 0 Å². The van der Waals surface area contributed by atoms with E-state index in [2.05, 4.69) is 201 Å². The van der Waals surface area contributed by atoms with Crippen molar-refractivity contribution in [3.8, 4) is 33.4 Å². The minimum absolute atomic E-state index is 0.168. The molecule has 0 radical (unpaired) electrons. The first-order valence-electron chi connectivity index (χ1n) is 19.0. The first-order chi connectivity index (χ1) is 26.1. The topological polar surface area (TPSA) is 12.0 Å². The standard InChI is InChI=1S/C52H43N/c1-3-33-52(4-2,44-29-25-39(26-30-44)51-48-19-11-7-15-42(48)35-43-16-8-12-20-49(43)51)53-45-31-27-37(28-32-45)36-21-23-38(24-22-36)50-46-17-9-5-13-40(46)34-41-14-6-10-18-47(41)50/h5-32,34-35,53H,3-4,33H2,1-2H3. The van der Waals surface area contributed by atoms with Gasteiger partial charge in [-0.05, 0) is 119 Å². The van der Waals surface area contributed by atoms with E-state index in [-0.39, 0.29) is 5.54 Å². The van der Waals surface area contributed by atoms with Gasteiger partial charge < -0.3 is 5.32 Å². The van der Waals surface area contributed by atoms with Gasteiger partial charge in [0.15, 0.2) is 0 Å². The van der Waals surface area contributed by atoms with E-state index in [9.17, 15) is 0 Å². The van der Waals surface area contributed by atoms with Crippen LogP contribution in [0.15, 0.2) is 182 Å². The number of rotatable bonds is 9. The zero-order chi connectivity index (χ0) is 35.8. The second kappa shape index (κ2) is 13.7. The Labute approximate surface area is 312 Å². The van der Waals surface area contributed by atoms with Gasteiger partial charge in [0, 0.05) is 5.69 Å². The van der Waals surface area contributed by atoms with Crippen molar-refractivity contribution in [2.75, 3.05) is 5.32 Å². The summed E-state index contributed by atoms with van der Waals surface area (Å²) < 4.78 is 0. The molecule has 0 heterocycles. The molecular weight excluding hydrogens is 639 g/mol. The Balaban J connectivity index is 1.01. The van der Waals surface area contributed by atoms with Gasteiger partial charge in [0.25, 0.3) is 0 Å². The average molecular weight is 682 g/mol. The van der Waals surface area contributed by atoms with Crippen LogP contribution < -0.4 is 5.32 Å². The van der Waals surface area contributed by atoms with Crippen LogP contribution >= 0.6 is 0 Å². The highest BCUT2D eigenvalue weighted by Gasteiger charge is 2.29. The van der Waals surface area contributed by atoms with Crippen molar-refractivity contribution in [3.05, 3.63) is 188 Å². The van der Waals surface area contributed by atoms with E-state index < -0.39 is 0 Å². The number of benzene rings is 9. The normalized spacial score (nSPS) is 12.7. The summed E-state index contributed by atoms with van der Waals surface area (Å²) in [6, 6.07) is 67.0. The van der Waals surface area contributed by atoms with E-state index in [4.69, 9.17) is 0 Å². The maximum atomic E-state index is 4.02. The monoisotopic (exact) mass is 681 g/mol. The van der Waals surface area contributed by atoms with Crippen molar-refractivity contribution in [1.82, 2.24) is 0 Å². The number of nitrogens with one attached hydrogen (secondary N) is 1. The van der Waals surface area contributed by atoms with Crippen LogP contribution in [-0.4, -0.2) is 0 Å². The lowest BCUT2D eigenvalue weighted by molar-refractivity contribution is 0.428. The third-order valence-electron chi connectivity index (χ3n) is 11.3. The van der Waals surface area contributed by atoms with Gasteiger partial charge >= 0.3 is 0 Å². The van der Waals surface area contributed by atoms with Crippen LogP contribution in [0.2, 0.25) is 0 Å². The molecule has 1 heteroatoms. The molecule has 0 saturated heterocycles. The van der Waals surface area contributed by atoms with Gasteiger partial charge in [-0.1, -0.05) is 178 Å². The highest BCUT2D eigenvalue weighted by atomic mass is 15.0. The fraction of sp³-hybridized carbons (Fsp3) is 0.115. The molecule has 1 N–H and O–H groups in total. The molecule has 9 aromatic carbocycles. The van der Waals surface area contributed by atoms with Crippen LogP contribution in [0.1, 0.15) is 38.7 Å². The minimum atomic E-state index is -0.168. The second-order valence-electron chi connectivity index (χ2n) is 14.4. The first-order valence-corrected chi connectivity index (χ1v) is 19.0. The van der Waals surface area contributed by atoms with Crippen LogP contribution in [0.3, 0.4) is 0 Å². The lowest BCUT2D eigenvalue weighted by atomic mass is 9.81. The van der Waals surface area contributed by atoms with E-state index in [0.29, 0.717) is 0 Å². The molecular formula is C52H43N. The largest absolute Gasteiger partial charge is 0.376 e. The molecule has 1 nitrogen and oxygen atoms in total. The van der Waals surface area contributed by atoms with Crippen LogP contribution in [-0.2, 0) is 5.54 Å². The molecule has 0 aliphatic carbocycles. The van der Waals surface area contributed by atoms with E-state index in [1.807, 2.05) is 0 Å². The van der Waals surface area contributed by atoms with E-state index in [1.54, 1.807) is 0 Å². The fourth-order valence-corrected chi connectivity index (χ4v) is 8.63. The Morgan fingerprint density at radius 3 is 1.15 bits per heavy atom. The first kappa shape index (κ1) is 32.7. The molecule has 1 atom stereocenters. The van der Waals surface area contributed by atoms with E-state index in [0.717, 1.165) is 24.9 Å². The lowest BCUT2D eigenvalue weighted by Gasteiger charge is -2.36. The zero-order valence-electron chi connectivity index (χ0n) is 30.4. The summed E-state index contributed by atoms with van der Waals surface area (Å²) in [6.45, 7) is 4.60. The molecule has 53 heavy (non-hydrogen) atoms. The molecule has 0 aliphatic heterocycles. The Morgan fingerprint density at radius 1 is 0.396 bits per heavy atom. The lowest BCUT2D eigenvalue weighted by Crippen LogP contribution is -2.34. The van der Waals surface area contributed by atoms with Crippen molar-refractivity contribution >= 4 is 48.8 Å². The van der Waals surface area contributed by atoms with Crippen LogP contribution in [0.25, 0.3) is 76.5 Å². The van der Waals surface area contributed by atoms with Crippen LogP contribution in [0.4, 0.5) is 5.69 Å². The van der Waals surface area contributed by atoms with Crippen LogP contribution in [0, 0.1) is 0 Å². The Bertz CT molecular complexity index is 2610. The average Bonchev–Trinajstić information content (AvgIpc) is 3.22. The van der Waals surface area contributed by atoms with Crippen molar-refractivity contribution in [1.29, 1.82) is 0 Å². The molecule has 256 valence electrons.